The number of ether oxygens (including phenoxy) is 2. The van der Waals surface area contributed by atoms with E-state index in [4.69, 9.17) is 9.47 Å². The van der Waals surface area contributed by atoms with Gasteiger partial charge < -0.3 is 9.47 Å². The van der Waals surface area contributed by atoms with E-state index in [1.807, 2.05) is 37.4 Å². The molecule has 3 aromatic rings. The minimum absolute atomic E-state index is 0.434. The first kappa shape index (κ1) is 14.9. The van der Waals surface area contributed by atoms with E-state index in [2.05, 4.69) is 29.0 Å². The van der Waals surface area contributed by atoms with Gasteiger partial charge in [0.15, 0.2) is 0 Å². The van der Waals surface area contributed by atoms with Crippen molar-refractivity contribution in [1.82, 2.24) is 14.4 Å². The number of fused-ring (bicyclic) bond motifs is 3. The van der Waals surface area contributed by atoms with Crippen LogP contribution >= 0.6 is 0 Å². The third kappa shape index (κ3) is 2.58. The molecule has 0 saturated heterocycles. The second-order valence-electron chi connectivity index (χ2n) is 5.29. The van der Waals surface area contributed by atoms with Gasteiger partial charge in [0.25, 0.3) is 0 Å². The molecule has 5 heteroatoms. The Balaban J connectivity index is 2.18. The van der Waals surface area contributed by atoms with E-state index in [0.717, 1.165) is 28.1 Å². The second-order valence-corrected chi connectivity index (χ2v) is 5.29. The van der Waals surface area contributed by atoms with Gasteiger partial charge in [0.05, 0.1) is 0 Å². The van der Waals surface area contributed by atoms with Crippen molar-refractivity contribution < 1.29 is 9.47 Å². The molecule has 0 fully saturated rings. The van der Waals surface area contributed by atoms with Crippen molar-refractivity contribution in [2.24, 2.45) is 0 Å². The van der Waals surface area contributed by atoms with Gasteiger partial charge in [0.1, 0.15) is 17.0 Å². The van der Waals surface area contributed by atoms with E-state index >= 15 is 0 Å². The average molecular weight is 299 g/mol. The van der Waals surface area contributed by atoms with Gasteiger partial charge >= 0.3 is 0 Å². The summed E-state index contributed by atoms with van der Waals surface area (Å²) in [6.07, 6.45) is 1.52. The highest BCUT2D eigenvalue weighted by molar-refractivity contribution is 5.82. The molecule has 0 spiro atoms. The summed E-state index contributed by atoms with van der Waals surface area (Å²) in [6.45, 7) is 9.17. The highest BCUT2D eigenvalue weighted by Crippen LogP contribution is 2.23. The summed E-state index contributed by atoms with van der Waals surface area (Å²) in [6, 6.07) is 6.17. The Kier molecular flexibility index (Phi) is 4.09. The lowest BCUT2D eigenvalue weighted by atomic mass is 10.1. The molecule has 3 rings (SSSR count). The Morgan fingerprint density at radius 1 is 1.09 bits per heavy atom. The molecular formula is C17H21N3O2. The Labute approximate surface area is 129 Å². The van der Waals surface area contributed by atoms with E-state index in [1.165, 1.54) is 5.56 Å². The maximum Gasteiger partial charge on any atom is 0.202 e. The van der Waals surface area contributed by atoms with Crippen LogP contribution in [-0.2, 0) is 9.47 Å². The number of pyridine rings is 2. The van der Waals surface area contributed by atoms with Crippen LogP contribution in [-0.4, -0.2) is 27.6 Å². The van der Waals surface area contributed by atoms with Crippen molar-refractivity contribution in [1.29, 1.82) is 0 Å². The number of rotatable bonds is 5. The molecule has 0 aromatic carbocycles. The van der Waals surface area contributed by atoms with Crippen LogP contribution in [0.5, 0.6) is 0 Å². The minimum atomic E-state index is -0.434. The summed E-state index contributed by atoms with van der Waals surface area (Å²) in [4.78, 5) is 9.30. The van der Waals surface area contributed by atoms with E-state index in [0.29, 0.717) is 13.2 Å². The van der Waals surface area contributed by atoms with Crippen LogP contribution < -0.4 is 0 Å². The molecule has 0 saturated carbocycles. The van der Waals surface area contributed by atoms with E-state index in [1.54, 1.807) is 0 Å². The van der Waals surface area contributed by atoms with E-state index in [-0.39, 0.29) is 0 Å². The molecule has 3 heterocycles. The predicted octanol–water partition coefficient (Wildman–Crippen LogP) is 3.57. The van der Waals surface area contributed by atoms with Gasteiger partial charge in [0.2, 0.25) is 6.29 Å². The van der Waals surface area contributed by atoms with Gasteiger partial charge in [-0.25, -0.2) is 9.97 Å². The summed E-state index contributed by atoms with van der Waals surface area (Å²) in [5.74, 6) is 0. The largest absolute Gasteiger partial charge is 0.347 e. The van der Waals surface area contributed by atoms with E-state index in [9.17, 15) is 0 Å². The lowest BCUT2D eigenvalue weighted by Gasteiger charge is -2.13. The quantitative estimate of drug-likeness (QED) is 0.676. The molecule has 0 aliphatic carbocycles. The third-order valence-corrected chi connectivity index (χ3v) is 3.63. The van der Waals surface area contributed by atoms with Gasteiger partial charge in [-0.05, 0) is 51.5 Å². The molecule has 22 heavy (non-hydrogen) atoms. The highest BCUT2D eigenvalue weighted by Gasteiger charge is 2.17. The number of hydrogen-bond donors (Lipinski definition) is 0. The molecule has 0 aliphatic rings. The third-order valence-electron chi connectivity index (χ3n) is 3.63. The monoisotopic (exact) mass is 299 g/mol. The lowest BCUT2D eigenvalue weighted by molar-refractivity contribution is -0.142. The van der Waals surface area contributed by atoms with Gasteiger partial charge in [-0.2, -0.15) is 0 Å². The summed E-state index contributed by atoms with van der Waals surface area (Å²) in [5, 5.41) is 1.13. The molecule has 0 radical (unpaired) electrons. The fraction of sp³-hybridized carbons (Fsp3) is 0.412. The van der Waals surface area contributed by atoms with Gasteiger partial charge in [-0.1, -0.05) is 0 Å². The van der Waals surface area contributed by atoms with Crippen molar-refractivity contribution in [3.63, 3.8) is 0 Å². The van der Waals surface area contributed by atoms with Crippen molar-refractivity contribution in [2.45, 2.75) is 34.0 Å². The zero-order chi connectivity index (χ0) is 15.7. The van der Waals surface area contributed by atoms with E-state index < -0.39 is 6.29 Å². The molecule has 0 unspecified atom stereocenters. The Hall–Kier alpha value is -1.98. The first-order valence-corrected chi connectivity index (χ1v) is 7.63. The molecule has 0 N–H and O–H groups in total. The van der Waals surface area contributed by atoms with Crippen LogP contribution in [0.2, 0.25) is 0 Å². The van der Waals surface area contributed by atoms with Crippen LogP contribution in [0.1, 0.15) is 37.1 Å². The molecule has 3 aromatic heterocycles. The minimum Gasteiger partial charge on any atom is -0.347 e. The van der Waals surface area contributed by atoms with Crippen molar-refractivity contribution >= 4 is 16.7 Å². The fourth-order valence-electron chi connectivity index (χ4n) is 2.71. The molecule has 116 valence electrons. The standard InChI is InChI=1S/C17H21N3O2/c1-5-21-17(22-6-2)14-10-20-15(19-14)8-7-13-11(3)9-12(4)18-16(13)20/h7-10,17H,5-6H2,1-4H3. The van der Waals surface area contributed by atoms with Crippen LogP contribution in [0.4, 0.5) is 0 Å². The topological polar surface area (TPSA) is 48.7 Å². The molecule has 5 nitrogen and oxygen atoms in total. The summed E-state index contributed by atoms with van der Waals surface area (Å²) in [7, 11) is 0. The van der Waals surface area contributed by atoms with Crippen LogP contribution in [0.3, 0.4) is 0 Å². The molecule has 0 aliphatic heterocycles. The smallest absolute Gasteiger partial charge is 0.202 e. The second kappa shape index (κ2) is 6.02. The Morgan fingerprint density at radius 3 is 2.50 bits per heavy atom. The lowest BCUT2D eigenvalue weighted by Crippen LogP contribution is -2.09. The summed E-state index contributed by atoms with van der Waals surface area (Å²) in [5.41, 5.74) is 4.76. The van der Waals surface area contributed by atoms with Gasteiger partial charge in [-0.3, -0.25) is 4.40 Å². The molecular weight excluding hydrogens is 278 g/mol. The average Bonchev–Trinajstić information content (AvgIpc) is 2.91. The Bertz CT molecular complexity index is 804. The van der Waals surface area contributed by atoms with Crippen LogP contribution in [0, 0.1) is 13.8 Å². The summed E-state index contributed by atoms with van der Waals surface area (Å²) < 4.78 is 13.3. The SMILES string of the molecule is CCOC(OCC)c1cn2c(ccc3c(C)cc(C)nc32)n1. The molecule has 0 amide bonds. The van der Waals surface area contributed by atoms with Gasteiger partial charge in [0, 0.05) is 30.5 Å². The number of imidazole rings is 1. The number of aryl methyl sites for hydroxylation is 2. The predicted molar refractivity (Wildman–Crippen MR) is 86.0 cm³/mol. The summed E-state index contributed by atoms with van der Waals surface area (Å²) >= 11 is 0. The van der Waals surface area contributed by atoms with Gasteiger partial charge in [-0.15, -0.1) is 0 Å². The zero-order valence-corrected chi connectivity index (χ0v) is 13.5. The van der Waals surface area contributed by atoms with Crippen LogP contribution in [0.15, 0.2) is 24.4 Å². The maximum absolute atomic E-state index is 5.64. The van der Waals surface area contributed by atoms with Crippen LogP contribution in [0.25, 0.3) is 16.7 Å². The zero-order valence-electron chi connectivity index (χ0n) is 13.5. The molecule has 0 bridgehead atoms. The number of nitrogens with zero attached hydrogens (tertiary/aromatic N) is 3. The van der Waals surface area contributed by atoms with Crippen molar-refractivity contribution in [2.75, 3.05) is 13.2 Å². The first-order chi connectivity index (χ1) is 10.6. The highest BCUT2D eigenvalue weighted by atomic mass is 16.7. The first-order valence-electron chi connectivity index (χ1n) is 7.63. The fourth-order valence-corrected chi connectivity index (χ4v) is 2.71. The van der Waals surface area contributed by atoms with Crippen molar-refractivity contribution in [3.8, 4) is 0 Å². The number of hydrogen-bond acceptors (Lipinski definition) is 4. The Morgan fingerprint density at radius 2 is 1.82 bits per heavy atom. The normalized spacial score (nSPS) is 11.9. The maximum atomic E-state index is 5.64. The molecule has 0 atom stereocenters. The number of aromatic nitrogens is 3. The van der Waals surface area contributed by atoms with Crippen molar-refractivity contribution in [3.05, 3.63) is 41.3 Å².